The highest BCUT2D eigenvalue weighted by Crippen LogP contribution is 2.34. The van der Waals surface area contributed by atoms with Gasteiger partial charge >= 0.3 is 5.97 Å². The maximum Gasteiger partial charge on any atom is 0.348 e. The molecule has 0 amide bonds. The Bertz CT molecular complexity index is 944. The molecule has 0 aliphatic carbocycles. The van der Waals surface area contributed by atoms with Gasteiger partial charge in [-0.2, -0.15) is 5.10 Å². The van der Waals surface area contributed by atoms with Crippen LogP contribution in [0.25, 0.3) is 10.2 Å². The monoisotopic (exact) mass is 359 g/mol. The summed E-state index contributed by atoms with van der Waals surface area (Å²) in [5, 5.41) is 8.51. The molecule has 0 atom stereocenters. The maximum atomic E-state index is 12.2. The Kier molecular flexibility index (Phi) is 4.71. The van der Waals surface area contributed by atoms with Crippen molar-refractivity contribution in [1.29, 1.82) is 0 Å². The van der Waals surface area contributed by atoms with E-state index >= 15 is 0 Å². The van der Waals surface area contributed by atoms with Crippen LogP contribution in [0.3, 0.4) is 0 Å². The van der Waals surface area contributed by atoms with Crippen molar-refractivity contribution >= 4 is 33.3 Å². The second kappa shape index (κ2) is 6.79. The molecule has 1 N–H and O–H groups in total. The lowest BCUT2D eigenvalue weighted by Gasteiger charge is -2.08. The number of thiophene rings is 1. The van der Waals surface area contributed by atoms with Gasteiger partial charge in [0, 0.05) is 24.8 Å². The zero-order valence-electron chi connectivity index (χ0n) is 15.0. The number of aromatic nitrogens is 4. The Labute approximate surface area is 150 Å². The summed E-state index contributed by atoms with van der Waals surface area (Å²) in [5.41, 5.74) is 3.05. The van der Waals surface area contributed by atoms with E-state index in [1.54, 1.807) is 6.92 Å². The number of fused-ring (bicyclic) bond motifs is 1. The van der Waals surface area contributed by atoms with Gasteiger partial charge in [-0.3, -0.25) is 4.68 Å². The van der Waals surface area contributed by atoms with Gasteiger partial charge in [0.1, 0.15) is 21.3 Å². The second-order valence-corrected chi connectivity index (χ2v) is 6.81. The number of carbonyl (C=O) groups is 1. The molecule has 3 aromatic heterocycles. The van der Waals surface area contributed by atoms with Gasteiger partial charge in [0.25, 0.3) is 0 Å². The number of rotatable bonds is 5. The first-order valence-corrected chi connectivity index (χ1v) is 8.90. The van der Waals surface area contributed by atoms with E-state index in [0.717, 1.165) is 32.9 Å². The van der Waals surface area contributed by atoms with Crippen LogP contribution in [0.5, 0.6) is 0 Å². The predicted octanol–water partition coefficient (Wildman–Crippen LogP) is 3.14. The van der Waals surface area contributed by atoms with Crippen LogP contribution >= 0.6 is 11.3 Å². The molecule has 0 aliphatic rings. The zero-order chi connectivity index (χ0) is 18.1. The number of hydrogen-bond acceptors (Lipinski definition) is 7. The molecule has 0 saturated heterocycles. The van der Waals surface area contributed by atoms with Gasteiger partial charge in [-0.05, 0) is 33.3 Å². The largest absolute Gasteiger partial charge is 0.462 e. The van der Waals surface area contributed by atoms with E-state index in [2.05, 4.69) is 20.4 Å². The van der Waals surface area contributed by atoms with Crippen LogP contribution in [0.1, 0.15) is 39.2 Å². The van der Waals surface area contributed by atoms with E-state index in [-0.39, 0.29) is 5.97 Å². The number of hydrogen-bond donors (Lipinski definition) is 1. The Morgan fingerprint density at radius 1 is 1.32 bits per heavy atom. The third-order valence-corrected chi connectivity index (χ3v) is 5.31. The van der Waals surface area contributed by atoms with Crippen molar-refractivity contribution in [3.8, 4) is 0 Å². The van der Waals surface area contributed by atoms with Crippen molar-refractivity contribution in [3.05, 3.63) is 33.7 Å². The molecule has 0 aliphatic heterocycles. The first-order chi connectivity index (χ1) is 11.9. The van der Waals surface area contributed by atoms with E-state index < -0.39 is 0 Å². The van der Waals surface area contributed by atoms with Gasteiger partial charge in [0.05, 0.1) is 18.2 Å². The molecule has 0 bridgehead atoms. The Morgan fingerprint density at radius 3 is 2.72 bits per heavy atom. The SMILES string of the molecule is CCOC(=O)c1sc2nc(C)nc(NCc3cnn(C)c3C)c2c1C. The number of nitrogens with one attached hydrogen (secondary N) is 1. The predicted molar refractivity (Wildman–Crippen MR) is 98.1 cm³/mol. The molecule has 0 spiro atoms. The van der Waals surface area contributed by atoms with Crippen LogP contribution in [0, 0.1) is 20.8 Å². The van der Waals surface area contributed by atoms with Crippen molar-refractivity contribution in [2.24, 2.45) is 7.05 Å². The van der Waals surface area contributed by atoms with Gasteiger partial charge in [-0.1, -0.05) is 0 Å². The molecule has 132 valence electrons. The lowest BCUT2D eigenvalue weighted by molar-refractivity contribution is 0.0531. The Balaban J connectivity index is 1.99. The number of ether oxygens (including phenoxy) is 1. The summed E-state index contributed by atoms with van der Waals surface area (Å²) in [6, 6.07) is 0. The lowest BCUT2D eigenvalue weighted by atomic mass is 10.2. The summed E-state index contributed by atoms with van der Waals surface area (Å²) in [4.78, 5) is 22.6. The smallest absolute Gasteiger partial charge is 0.348 e. The average Bonchev–Trinajstić information content (AvgIpc) is 3.06. The Hall–Kier alpha value is -2.48. The van der Waals surface area contributed by atoms with Crippen LogP contribution in [-0.4, -0.2) is 32.3 Å². The number of aryl methyl sites for hydroxylation is 3. The van der Waals surface area contributed by atoms with Gasteiger partial charge in [0.2, 0.25) is 0 Å². The molecule has 0 saturated carbocycles. The van der Waals surface area contributed by atoms with Gasteiger partial charge in [-0.25, -0.2) is 14.8 Å². The minimum absolute atomic E-state index is 0.310. The molecule has 0 aromatic carbocycles. The molecule has 0 radical (unpaired) electrons. The topological polar surface area (TPSA) is 81.9 Å². The molecule has 0 fully saturated rings. The van der Waals surface area contributed by atoms with Crippen molar-refractivity contribution in [2.45, 2.75) is 34.2 Å². The van der Waals surface area contributed by atoms with E-state index in [1.165, 1.54) is 11.3 Å². The molecular weight excluding hydrogens is 338 g/mol. The molecule has 3 heterocycles. The second-order valence-electron chi connectivity index (χ2n) is 5.81. The molecule has 8 heteroatoms. The summed E-state index contributed by atoms with van der Waals surface area (Å²) < 4.78 is 6.99. The highest BCUT2D eigenvalue weighted by molar-refractivity contribution is 7.20. The standard InChI is InChI=1S/C17H21N5O2S/c1-6-24-17(23)14-9(2)13-15(20-11(4)21-16(13)25-14)18-7-12-8-19-22(5)10(12)3/h8H,6-7H2,1-5H3,(H,18,20,21). The van der Waals surface area contributed by atoms with Crippen LogP contribution < -0.4 is 5.32 Å². The number of anilines is 1. The summed E-state index contributed by atoms with van der Waals surface area (Å²) in [6.45, 7) is 8.54. The lowest BCUT2D eigenvalue weighted by Crippen LogP contribution is -2.06. The van der Waals surface area contributed by atoms with Crippen LogP contribution in [0.4, 0.5) is 5.82 Å². The van der Waals surface area contributed by atoms with Crippen molar-refractivity contribution < 1.29 is 9.53 Å². The molecular formula is C17H21N5O2S. The third-order valence-electron chi connectivity index (χ3n) is 4.15. The first kappa shape index (κ1) is 17.3. The molecule has 25 heavy (non-hydrogen) atoms. The van der Waals surface area contributed by atoms with Crippen LogP contribution in [0.15, 0.2) is 6.20 Å². The number of carbonyl (C=O) groups excluding carboxylic acids is 1. The van der Waals surface area contributed by atoms with E-state index in [9.17, 15) is 4.79 Å². The minimum atomic E-state index is -0.310. The fraction of sp³-hybridized carbons (Fsp3) is 0.412. The molecule has 3 rings (SSSR count). The summed E-state index contributed by atoms with van der Waals surface area (Å²) in [6.07, 6.45) is 1.85. The molecule has 3 aromatic rings. The highest BCUT2D eigenvalue weighted by atomic mass is 32.1. The summed E-state index contributed by atoms with van der Waals surface area (Å²) in [5.74, 6) is 1.08. The van der Waals surface area contributed by atoms with E-state index in [4.69, 9.17) is 4.74 Å². The quantitative estimate of drug-likeness (QED) is 0.705. The zero-order valence-corrected chi connectivity index (χ0v) is 15.8. The molecule has 7 nitrogen and oxygen atoms in total. The minimum Gasteiger partial charge on any atom is -0.462 e. The van der Waals surface area contributed by atoms with E-state index in [0.29, 0.717) is 23.9 Å². The van der Waals surface area contributed by atoms with Crippen LogP contribution in [-0.2, 0) is 18.3 Å². The summed E-state index contributed by atoms with van der Waals surface area (Å²) in [7, 11) is 1.92. The van der Waals surface area contributed by atoms with Crippen molar-refractivity contribution in [1.82, 2.24) is 19.7 Å². The fourth-order valence-corrected chi connectivity index (χ4v) is 3.78. The highest BCUT2D eigenvalue weighted by Gasteiger charge is 2.21. The normalized spacial score (nSPS) is 11.1. The van der Waals surface area contributed by atoms with Gasteiger partial charge in [-0.15, -0.1) is 11.3 Å². The van der Waals surface area contributed by atoms with Crippen molar-refractivity contribution in [3.63, 3.8) is 0 Å². The number of esters is 1. The summed E-state index contributed by atoms with van der Waals surface area (Å²) >= 11 is 1.35. The van der Waals surface area contributed by atoms with Crippen molar-refractivity contribution in [2.75, 3.05) is 11.9 Å². The van der Waals surface area contributed by atoms with Gasteiger partial charge < -0.3 is 10.1 Å². The first-order valence-electron chi connectivity index (χ1n) is 8.08. The maximum absolute atomic E-state index is 12.2. The van der Waals surface area contributed by atoms with Gasteiger partial charge in [0.15, 0.2) is 0 Å². The van der Waals surface area contributed by atoms with E-state index in [1.807, 2.05) is 38.7 Å². The van der Waals surface area contributed by atoms with Crippen LogP contribution in [0.2, 0.25) is 0 Å². The molecule has 0 unspecified atom stereocenters. The fourth-order valence-electron chi connectivity index (χ4n) is 2.66. The number of nitrogens with zero attached hydrogens (tertiary/aromatic N) is 4. The average molecular weight is 359 g/mol. The Morgan fingerprint density at radius 2 is 2.08 bits per heavy atom. The third kappa shape index (κ3) is 3.21.